The molecular weight excluding hydrogens is 160 g/mol. The lowest BCUT2D eigenvalue weighted by Gasteiger charge is -2.24. The molecule has 0 bridgehead atoms. The first-order chi connectivity index (χ1) is 5.61. The highest BCUT2D eigenvalue weighted by Gasteiger charge is 2.26. The van der Waals surface area contributed by atoms with Crippen molar-refractivity contribution in [2.24, 2.45) is 0 Å². The maximum Gasteiger partial charge on any atom is 0.312 e. The summed E-state index contributed by atoms with van der Waals surface area (Å²) in [6, 6.07) is 0. The molecule has 1 heterocycles. The van der Waals surface area contributed by atoms with Crippen molar-refractivity contribution in [1.82, 2.24) is 10.2 Å². The molecule has 1 fully saturated rings. The summed E-state index contributed by atoms with van der Waals surface area (Å²) >= 11 is 0. The van der Waals surface area contributed by atoms with Crippen LogP contribution in [0.5, 0.6) is 0 Å². The van der Waals surface area contributed by atoms with Crippen LogP contribution in [0.3, 0.4) is 0 Å². The maximum absolute atomic E-state index is 11.0. The van der Waals surface area contributed by atoms with E-state index in [0.29, 0.717) is 13.1 Å². The summed E-state index contributed by atoms with van der Waals surface area (Å²) in [5.41, 5.74) is 0. The van der Waals surface area contributed by atoms with Crippen LogP contribution in [0.1, 0.15) is 6.92 Å². The normalized spacial score (nSPS) is 17.6. The number of ketones is 1. The average Bonchev–Trinajstić information content (AvgIpc) is 1.98. The third-order valence-corrected chi connectivity index (χ3v) is 1.56. The Kier molecular flexibility index (Phi) is 2.42. The van der Waals surface area contributed by atoms with Crippen molar-refractivity contribution in [3.05, 3.63) is 0 Å². The Bertz CT molecular complexity index is 237. The molecule has 0 spiro atoms. The van der Waals surface area contributed by atoms with Crippen molar-refractivity contribution in [3.8, 4) is 0 Å². The van der Waals surface area contributed by atoms with E-state index in [1.165, 1.54) is 11.8 Å². The zero-order valence-electron chi connectivity index (χ0n) is 6.79. The monoisotopic (exact) mass is 170 g/mol. The smallest absolute Gasteiger partial charge is 0.312 e. The Morgan fingerprint density at radius 1 is 1.58 bits per heavy atom. The number of amides is 2. The van der Waals surface area contributed by atoms with Gasteiger partial charge in [0.1, 0.15) is 5.78 Å². The van der Waals surface area contributed by atoms with Crippen molar-refractivity contribution in [1.29, 1.82) is 0 Å². The van der Waals surface area contributed by atoms with Crippen LogP contribution in [0.25, 0.3) is 0 Å². The number of Topliss-reactive ketones (excluding diaryl/α,β-unsaturated/α-hetero) is 1. The highest BCUT2D eigenvalue weighted by Crippen LogP contribution is 1.94. The minimum absolute atomic E-state index is 0.0340. The molecule has 5 nitrogen and oxygen atoms in total. The number of nitrogens with one attached hydrogen (secondary N) is 1. The van der Waals surface area contributed by atoms with Crippen LogP contribution >= 0.6 is 0 Å². The lowest BCUT2D eigenvalue weighted by Crippen LogP contribution is -2.53. The fourth-order valence-electron chi connectivity index (χ4n) is 1.04. The molecule has 0 aromatic carbocycles. The van der Waals surface area contributed by atoms with Gasteiger partial charge in [0.15, 0.2) is 0 Å². The SMILES string of the molecule is CC(=O)CN1CCNC(=O)C1=O. The van der Waals surface area contributed by atoms with E-state index in [1.807, 2.05) is 0 Å². The zero-order valence-corrected chi connectivity index (χ0v) is 6.79. The van der Waals surface area contributed by atoms with Crippen molar-refractivity contribution >= 4 is 17.6 Å². The van der Waals surface area contributed by atoms with E-state index in [-0.39, 0.29) is 12.3 Å². The summed E-state index contributed by atoms with van der Waals surface area (Å²) in [5.74, 6) is -1.35. The summed E-state index contributed by atoms with van der Waals surface area (Å²) in [5, 5.41) is 2.39. The third kappa shape index (κ3) is 1.81. The number of carbonyl (C=O) groups is 3. The Hall–Kier alpha value is -1.39. The Balaban J connectivity index is 2.58. The number of nitrogens with zero attached hydrogens (tertiary/aromatic N) is 1. The molecule has 0 unspecified atom stereocenters. The second kappa shape index (κ2) is 3.34. The average molecular weight is 170 g/mol. The molecule has 1 N–H and O–H groups in total. The van der Waals surface area contributed by atoms with Crippen LogP contribution in [0.4, 0.5) is 0 Å². The van der Waals surface area contributed by atoms with E-state index in [9.17, 15) is 14.4 Å². The molecule has 0 aliphatic carbocycles. The van der Waals surface area contributed by atoms with Crippen molar-refractivity contribution in [3.63, 3.8) is 0 Å². The van der Waals surface area contributed by atoms with Gasteiger partial charge in [-0.3, -0.25) is 14.4 Å². The summed E-state index contributed by atoms with van der Waals surface area (Å²) in [7, 11) is 0. The molecule has 0 aromatic rings. The van der Waals surface area contributed by atoms with E-state index in [0.717, 1.165) is 0 Å². The van der Waals surface area contributed by atoms with Crippen LogP contribution in [0, 0.1) is 0 Å². The topological polar surface area (TPSA) is 66.5 Å². The van der Waals surface area contributed by atoms with Gasteiger partial charge >= 0.3 is 11.8 Å². The van der Waals surface area contributed by atoms with Gasteiger partial charge < -0.3 is 10.2 Å². The predicted octanol–water partition coefficient (Wildman–Crippen LogP) is -1.47. The molecule has 1 rings (SSSR count). The molecule has 0 saturated carbocycles. The number of rotatable bonds is 2. The third-order valence-electron chi connectivity index (χ3n) is 1.56. The molecule has 1 aliphatic heterocycles. The molecule has 0 radical (unpaired) electrons. The van der Waals surface area contributed by atoms with Crippen molar-refractivity contribution in [2.45, 2.75) is 6.92 Å². The van der Waals surface area contributed by atoms with Gasteiger partial charge in [0.2, 0.25) is 0 Å². The lowest BCUT2D eigenvalue weighted by molar-refractivity contribution is -0.149. The fourth-order valence-corrected chi connectivity index (χ4v) is 1.04. The Morgan fingerprint density at radius 3 is 2.83 bits per heavy atom. The molecular formula is C7H10N2O3. The zero-order chi connectivity index (χ0) is 9.14. The standard InChI is InChI=1S/C7H10N2O3/c1-5(10)4-9-3-2-8-6(11)7(9)12/h2-4H2,1H3,(H,8,11). The van der Waals surface area contributed by atoms with Crippen LogP contribution in [-0.2, 0) is 14.4 Å². The molecule has 5 heteroatoms. The number of piperazine rings is 1. The minimum Gasteiger partial charge on any atom is -0.346 e. The first-order valence-electron chi connectivity index (χ1n) is 3.68. The molecule has 2 amide bonds. The van der Waals surface area contributed by atoms with Crippen LogP contribution in [0.15, 0.2) is 0 Å². The van der Waals surface area contributed by atoms with E-state index >= 15 is 0 Å². The van der Waals surface area contributed by atoms with Crippen LogP contribution in [0.2, 0.25) is 0 Å². The fraction of sp³-hybridized carbons (Fsp3) is 0.571. The highest BCUT2D eigenvalue weighted by molar-refractivity contribution is 6.35. The van der Waals surface area contributed by atoms with Gasteiger partial charge in [-0.1, -0.05) is 0 Å². The Labute approximate surface area is 69.7 Å². The summed E-state index contributed by atoms with van der Waals surface area (Å²) < 4.78 is 0. The maximum atomic E-state index is 11.0. The first-order valence-corrected chi connectivity index (χ1v) is 3.68. The number of hydrogen-bond acceptors (Lipinski definition) is 3. The second-order valence-corrected chi connectivity index (χ2v) is 2.68. The lowest BCUT2D eigenvalue weighted by atomic mass is 10.3. The largest absolute Gasteiger partial charge is 0.346 e. The first kappa shape index (κ1) is 8.70. The number of carbonyl (C=O) groups excluding carboxylic acids is 3. The highest BCUT2D eigenvalue weighted by atomic mass is 16.2. The second-order valence-electron chi connectivity index (χ2n) is 2.68. The molecule has 1 saturated heterocycles. The molecule has 12 heavy (non-hydrogen) atoms. The summed E-state index contributed by atoms with van der Waals surface area (Å²) in [6.07, 6.45) is 0. The van der Waals surface area contributed by atoms with E-state index in [1.54, 1.807) is 0 Å². The van der Waals surface area contributed by atoms with Crippen LogP contribution in [-0.4, -0.2) is 42.1 Å². The van der Waals surface area contributed by atoms with Crippen LogP contribution < -0.4 is 5.32 Å². The van der Waals surface area contributed by atoms with Gasteiger partial charge in [0.25, 0.3) is 0 Å². The van der Waals surface area contributed by atoms with Gasteiger partial charge in [-0.2, -0.15) is 0 Å². The predicted molar refractivity (Wildman–Crippen MR) is 40.3 cm³/mol. The summed E-state index contributed by atoms with van der Waals surface area (Å²) in [4.78, 5) is 33.7. The van der Waals surface area contributed by atoms with Gasteiger partial charge in [-0.05, 0) is 6.92 Å². The Morgan fingerprint density at radius 2 is 2.25 bits per heavy atom. The molecule has 0 atom stereocenters. The molecule has 66 valence electrons. The van der Waals surface area contributed by atoms with Gasteiger partial charge in [-0.15, -0.1) is 0 Å². The van der Waals surface area contributed by atoms with Gasteiger partial charge in [0.05, 0.1) is 6.54 Å². The van der Waals surface area contributed by atoms with Crippen molar-refractivity contribution in [2.75, 3.05) is 19.6 Å². The quantitative estimate of drug-likeness (QED) is 0.515. The van der Waals surface area contributed by atoms with E-state index in [4.69, 9.17) is 0 Å². The molecule has 0 aromatic heterocycles. The molecule has 1 aliphatic rings. The van der Waals surface area contributed by atoms with Gasteiger partial charge in [0, 0.05) is 13.1 Å². The van der Waals surface area contributed by atoms with E-state index < -0.39 is 11.8 Å². The van der Waals surface area contributed by atoms with Crippen molar-refractivity contribution < 1.29 is 14.4 Å². The van der Waals surface area contributed by atoms with Gasteiger partial charge in [-0.25, -0.2) is 0 Å². The summed E-state index contributed by atoms with van der Waals surface area (Å²) in [6.45, 7) is 2.27. The number of hydrogen-bond donors (Lipinski definition) is 1. The van der Waals surface area contributed by atoms with E-state index in [2.05, 4.69) is 5.32 Å². The minimum atomic E-state index is -0.623.